The van der Waals surface area contributed by atoms with Crippen LogP contribution < -0.4 is 0 Å². The predicted octanol–water partition coefficient (Wildman–Crippen LogP) is 4.21. The Labute approximate surface area is 133 Å². The van der Waals surface area contributed by atoms with Crippen LogP contribution in [-0.2, 0) is 17.6 Å². The predicted molar refractivity (Wildman–Crippen MR) is 86.3 cm³/mol. The van der Waals surface area contributed by atoms with E-state index in [-0.39, 0.29) is 12.2 Å². The van der Waals surface area contributed by atoms with E-state index in [1.54, 1.807) is 0 Å². The number of hydrogen-bond acceptors (Lipinski definition) is 3. The number of imidazole rings is 1. The third kappa shape index (κ3) is 8.05. The first kappa shape index (κ1) is 18.5. The minimum Gasteiger partial charge on any atom is -0.481 e. The van der Waals surface area contributed by atoms with E-state index in [4.69, 9.17) is 5.11 Å². The molecular formula is C17H30N2O3. The van der Waals surface area contributed by atoms with Gasteiger partial charge in [0.05, 0.1) is 11.9 Å². The summed E-state index contributed by atoms with van der Waals surface area (Å²) in [5.74, 6) is -0.777. The molecule has 0 saturated heterocycles. The standard InChI is InChI=1S/C17H30N2O3/c1-2-3-4-5-6-7-8-9-10-11-12-15-14-19(22)16(18-15)13-17(20)21/h14,22H,2-13H2,1H3,(H,20,21). The number of rotatable bonds is 13. The van der Waals surface area contributed by atoms with Crippen LogP contribution in [0, 0.1) is 0 Å². The third-order valence-electron chi connectivity index (χ3n) is 3.90. The summed E-state index contributed by atoms with van der Waals surface area (Å²) in [7, 11) is 0. The zero-order valence-electron chi connectivity index (χ0n) is 13.8. The zero-order chi connectivity index (χ0) is 16.2. The van der Waals surface area contributed by atoms with Crippen molar-refractivity contribution in [2.24, 2.45) is 0 Å². The van der Waals surface area contributed by atoms with Crippen LogP contribution in [0.4, 0.5) is 0 Å². The van der Waals surface area contributed by atoms with Gasteiger partial charge in [0.1, 0.15) is 6.42 Å². The van der Waals surface area contributed by atoms with E-state index in [9.17, 15) is 10.0 Å². The van der Waals surface area contributed by atoms with Crippen molar-refractivity contribution in [1.29, 1.82) is 0 Å². The molecule has 1 rings (SSSR count). The van der Waals surface area contributed by atoms with Gasteiger partial charge >= 0.3 is 5.97 Å². The van der Waals surface area contributed by atoms with E-state index in [0.717, 1.165) is 23.3 Å². The monoisotopic (exact) mass is 310 g/mol. The molecular weight excluding hydrogens is 280 g/mol. The highest BCUT2D eigenvalue weighted by molar-refractivity contribution is 5.69. The number of aryl methyl sites for hydroxylation is 1. The fourth-order valence-corrected chi connectivity index (χ4v) is 2.63. The summed E-state index contributed by atoms with van der Waals surface area (Å²) in [6, 6.07) is 0. The highest BCUT2D eigenvalue weighted by Gasteiger charge is 2.10. The van der Waals surface area contributed by atoms with Gasteiger partial charge in [-0.25, -0.2) is 4.98 Å². The minimum absolute atomic E-state index is 0.203. The number of aliphatic carboxylic acids is 1. The lowest BCUT2D eigenvalue weighted by atomic mass is 10.1. The first-order valence-electron chi connectivity index (χ1n) is 8.61. The Morgan fingerprint density at radius 3 is 2.14 bits per heavy atom. The minimum atomic E-state index is -0.980. The number of carbonyl (C=O) groups is 1. The molecule has 0 bridgehead atoms. The molecule has 1 aromatic rings. The summed E-state index contributed by atoms with van der Waals surface area (Å²) in [6.07, 6.45) is 14.9. The van der Waals surface area contributed by atoms with Crippen LogP contribution in [0.2, 0.25) is 0 Å². The fourth-order valence-electron chi connectivity index (χ4n) is 2.63. The van der Waals surface area contributed by atoms with Crippen molar-refractivity contribution in [3.63, 3.8) is 0 Å². The van der Waals surface area contributed by atoms with Crippen LogP contribution in [-0.4, -0.2) is 26.0 Å². The summed E-state index contributed by atoms with van der Waals surface area (Å²) in [4.78, 5) is 14.8. The van der Waals surface area contributed by atoms with Crippen molar-refractivity contribution in [2.45, 2.75) is 84.0 Å². The molecule has 126 valence electrons. The van der Waals surface area contributed by atoms with E-state index in [0.29, 0.717) is 0 Å². The Kier molecular flexibility index (Phi) is 9.35. The number of unbranched alkanes of at least 4 members (excludes halogenated alkanes) is 9. The van der Waals surface area contributed by atoms with Gasteiger partial charge in [-0.05, 0) is 12.8 Å². The third-order valence-corrected chi connectivity index (χ3v) is 3.90. The summed E-state index contributed by atoms with van der Waals surface area (Å²) in [5, 5.41) is 18.2. The van der Waals surface area contributed by atoms with Crippen LogP contribution >= 0.6 is 0 Å². The number of carboxylic acids is 1. The van der Waals surface area contributed by atoms with Gasteiger partial charge in [0.15, 0.2) is 5.82 Å². The van der Waals surface area contributed by atoms with Gasteiger partial charge in [0.2, 0.25) is 0 Å². The molecule has 5 nitrogen and oxygen atoms in total. The Morgan fingerprint density at radius 2 is 1.59 bits per heavy atom. The van der Waals surface area contributed by atoms with Gasteiger partial charge in [-0.3, -0.25) is 4.79 Å². The van der Waals surface area contributed by atoms with Gasteiger partial charge < -0.3 is 10.3 Å². The van der Waals surface area contributed by atoms with Crippen molar-refractivity contribution in [1.82, 2.24) is 9.71 Å². The molecule has 2 N–H and O–H groups in total. The second-order valence-electron chi connectivity index (χ2n) is 6.00. The lowest BCUT2D eigenvalue weighted by Gasteiger charge is -2.01. The van der Waals surface area contributed by atoms with E-state index in [1.165, 1.54) is 64.0 Å². The molecule has 0 amide bonds. The maximum atomic E-state index is 10.6. The Bertz CT molecular complexity index is 430. The summed E-state index contributed by atoms with van der Waals surface area (Å²) < 4.78 is 0.833. The van der Waals surface area contributed by atoms with Crippen LogP contribution in [0.25, 0.3) is 0 Å². The van der Waals surface area contributed by atoms with E-state index < -0.39 is 5.97 Å². The van der Waals surface area contributed by atoms with Crippen molar-refractivity contribution >= 4 is 5.97 Å². The van der Waals surface area contributed by atoms with Crippen molar-refractivity contribution < 1.29 is 15.1 Å². The van der Waals surface area contributed by atoms with Gasteiger partial charge in [-0.2, -0.15) is 4.73 Å². The molecule has 0 aliphatic rings. The Morgan fingerprint density at radius 1 is 1.05 bits per heavy atom. The number of aromatic nitrogens is 2. The van der Waals surface area contributed by atoms with Crippen molar-refractivity contribution in [2.75, 3.05) is 0 Å². The second kappa shape index (κ2) is 11.1. The molecule has 0 atom stereocenters. The van der Waals surface area contributed by atoms with E-state index in [2.05, 4.69) is 11.9 Å². The molecule has 0 fully saturated rings. The van der Waals surface area contributed by atoms with Crippen molar-refractivity contribution in [3.8, 4) is 0 Å². The van der Waals surface area contributed by atoms with Crippen molar-refractivity contribution in [3.05, 3.63) is 17.7 Å². The molecule has 0 radical (unpaired) electrons. The molecule has 0 aromatic carbocycles. The van der Waals surface area contributed by atoms with Crippen LogP contribution in [0.3, 0.4) is 0 Å². The number of hydrogen-bond donors (Lipinski definition) is 2. The highest BCUT2D eigenvalue weighted by Crippen LogP contribution is 2.12. The maximum absolute atomic E-state index is 10.6. The molecule has 22 heavy (non-hydrogen) atoms. The highest BCUT2D eigenvalue weighted by atomic mass is 16.5. The van der Waals surface area contributed by atoms with Crippen LogP contribution in [0.1, 0.15) is 82.7 Å². The lowest BCUT2D eigenvalue weighted by molar-refractivity contribution is -0.136. The van der Waals surface area contributed by atoms with Gasteiger partial charge in [-0.1, -0.05) is 64.7 Å². The Balaban J connectivity index is 2.04. The van der Waals surface area contributed by atoms with Gasteiger partial charge in [0, 0.05) is 0 Å². The Hall–Kier alpha value is -1.52. The topological polar surface area (TPSA) is 75.4 Å². The average Bonchev–Trinajstić information content (AvgIpc) is 2.80. The smallest absolute Gasteiger partial charge is 0.311 e. The van der Waals surface area contributed by atoms with Gasteiger partial charge in [-0.15, -0.1) is 0 Å². The van der Waals surface area contributed by atoms with Gasteiger partial charge in [0.25, 0.3) is 0 Å². The maximum Gasteiger partial charge on any atom is 0.311 e. The largest absolute Gasteiger partial charge is 0.481 e. The molecule has 0 spiro atoms. The zero-order valence-corrected chi connectivity index (χ0v) is 13.8. The van der Waals surface area contributed by atoms with E-state index >= 15 is 0 Å². The first-order chi connectivity index (χ1) is 10.6. The van der Waals surface area contributed by atoms with E-state index in [1.807, 2.05) is 0 Å². The van der Waals surface area contributed by atoms with Crippen LogP contribution in [0.15, 0.2) is 6.20 Å². The molecule has 0 saturated carbocycles. The summed E-state index contributed by atoms with van der Waals surface area (Å²) in [5.41, 5.74) is 0.776. The normalized spacial score (nSPS) is 11.0. The fraction of sp³-hybridized carbons (Fsp3) is 0.765. The summed E-state index contributed by atoms with van der Waals surface area (Å²) >= 11 is 0. The average molecular weight is 310 g/mol. The second-order valence-corrected chi connectivity index (χ2v) is 6.00. The first-order valence-corrected chi connectivity index (χ1v) is 8.61. The molecule has 0 unspecified atom stereocenters. The van der Waals surface area contributed by atoms with Crippen LogP contribution in [0.5, 0.6) is 0 Å². The molecule has 1 aromatic heterocycles. The lowest BCUT2D eigenvalue weighted by Crippen LogP contribution is -2.06. The molecule has 0 aliphatic heterocycles. The molecule has 0 aliphatic carbocycles. The number of carboxylic acid groups (broad SMARTS) is 1. The molecule has 5 heteroatoms. The number of nitrogens with zero attached hydrogens (tertiary/aromatic N) is 2. The summed E-state index contributed by atoms with van der Waals surface area (Å²) in [6.45, 7) is 2.24. The SMILES string of the molecule is CCCCCCCCCCCCc1cn(O)c(CC(=O)O)n1. The molecule has 1 heterocycles. The quantitative estimate of drug-likeness (QED) is 0.423.